The molecule has 9 nitrogen and oxygen atoms in total. The van der Waals surface area contributed by atoms with E-state index < -0.39 is 25.8 Å². The van der Waals surface area contributed by atoms with Crippen molar-refractivity contribution in [1.82, 2.24) is 14.2 Å². The second-order valence-corrected chi connectivity index (χ2v) is 14.0. The first-order chi connectivity index (χ1) is 18.0. The maximum atomic E-state index is 13.4. The number of hydrogen-bond acceptors (Lipinski definition) is 7. The standard InChI is InChI=1S/C27H32N4O5S2/c1-20-18-26(24-7-3-4-8-25(24)28-20)29-14-16-30(17-15-29)27(32)21-6-5-13-31(19-21)38(35,36)23-11-9-22(10-12-23)37(2,33)34/h3-4,7-12,18,21H,5-6,13-17,19H2,1-2H3. The van der Waals surface area contributed by atoms with E-state index in [0.717, 1.165) is 28.5 Å². The number of benzene rings is 2. The van der Waals surface area contributed by atoms with E-state index in [1.165, 1.54) is 28.6 Å². The van der Waals surface area contributed by atoms with E-state index in [1.54, 1.807) is 0 Å². The number of anilines is 1. The summed E-state index contributed by atoms with van der Waals surface area (Å²) in [7, 11) is -7.26. The average Bonchev–Trinajstić information content (AvgIpc) is 2.92. The smallest absolute Gasteiger partial charge is 0.243 e. The Labute approximate surface area is 224 Å². The second-order valence-electron chi connectivity index (χ2n) is 10.1. The fourth-order valence-electron chi connectivity index (χ4n) is 5.34. The van der Waals surface area contributed by atoms with Crippen molar-refractivity contribution in [3.63, 3.8) is 0 Å². The number of rotatable bonds is 5. The zero-order valence-electron chi connectivity index (χ0n) is 21.6. The SMILES string of the molecule is Cc1cc(N2CCN(C(=O)C3CCCN(S(=O)(=O)c4ccc(S(C)(=O)=O)cc4)C3)CC2)c2ccccc2n1. The lowest BCUT2D eigenvalue weighted by molar-refractivity contribution is -0.137. The van der Waals surface area contributed by atoms with E-state index in [1.807, 2.05) is 30.0 Å². The number of nitrogens with zero attached hydrogens (tertiary/aromatic N) is 4. The minimum absolute atomic E-state index is 0.00672. The minimum atomic E-state index is -3.84. The van der Waals surface area contributed by atoms with Gasteiger partial charge >= 0.3 is 0 Å². The van der Waals surface area contributed by atoms with Crippen LogP contribution in [-0.2, 0) is 24.7 Å². The number of carbonyl (C=O) groups excluding carboxylic acids is 1. The van der Waals surface area contributed by atoms with E-state index in [4.69, 9.17) is 0 Å². The Morgan fingerprint density at radius 3 is 2.24 bits per heavy atom. The van der Waals surface area contributed by atoms with Crippen molar-refractivity contribution in [3.05, 3.63) is 60.3 Å². The lowest BCUT2D eigenvalue weighted by Crippen LogP contribution is -2.53. The van der Waals surface area contributed by atoms with Crippen LogP contribution in [0.4, 0.5) is 5.69 Å². The molecule has 11 heteroatoms. The molecule has 5 rings (SSSR count). The third-order valence-corrected chi connectivity index (χ3v) is 10.4. The zero-order valence-corrected chi connectivity index (χ0v) is 23.2. The molecule has 2 aliphatic rings. The molecule has 1 aromatic heterocycles. The Kier molecular flexibility index (Phi) is 7.19. The van der Waals surface area contributed by atoms with Crippen molar-refractivity contribution in [1.29, 1.82) is 0 Å². The van der Waals surface area contributed by atoms with Crippen molar-refractivity contribution in [2.24, 2.45) is 5.92 Å². The van der Waals surface area contributed by atoms with Gasteiger partial charge < -0.3 is 9.80 Å². The Balaban J connectivity index is 1.25. The number of carbonyl (C=O) groups is 1. The predicted octanol–water partition coefficient (Wildman–Crippen LogP) is 2.70. The van der Waals surface area contributed by atoms with Crippen molar-refractivity contribution in [2.75, 3.05) is 50.4 Å². The molecule has 38 heavy (non-hydrogen) atoms. The first-order valence-corrected chi connectivity index (χ1v) is 16.1. The van der Waals surface area contributed by atoms with Crippen molar-refractivity contribution in [3.8, 4) is 0 Å². The normalized spacial score (nSPS) is 19.6. The molecule has 0 aliphatic carbocycles. The van der Waals surface area contributed by atoms with Gasteiger partial charge in [0.15, 0.2) is 9.84 Å². The molecule has 2 saturated heterocycles. The van der Waals surface area contributed by atoms with Crippen LogP contribution in [0.5, 0.6) is 0 Å². The van der Waals surface area contributed by atoms with Gasteiger partial charge in [-0.25, -0.2) is 16.8 Å². The molecule has 2 aromatic carbocycles. The summed E-state index contributed by atoms with van der Waals surface area (Å²) in [5.41, 5.74) is 3.03. The van der Waals surface area contributed by atoms with Crippen LogP contribution in [0.1, 0.15) is 18.5 Å². The number of hydrogen-bond donors (Lipinski definition) is 0. The van der Waals surface area contributed by atoms with Crippen LogP contribution in [0.25, 0.3) is 10.9 Å². The van der Waals surface area contributed by atoms with Crippen LogP contribution in [0.3, 0.4) is 0 Å². The summed E-state index contributed by atoms with van der Waals surface area (Å²) in [5.74, 6) is -0.405. The third-order valence-electron chi connectivity index (χ3n) is 7.38. The molecule has 0 spiro atoms. The molecule has 202 valence electrons. The number of sulfone groups is 1. The summed E-state index contributed by atoms with van der Waals surface area (Å²) in [4.78, 5) is 22.3. The molecule has 0 bridgehead atoms. The van der Waals surface area contributed by atoms with E-state index in [-0.39, 0.29) is 22.2 Å². The number of aromatic nitrogens is 1. The zero-order chi connectivity index (χ0) is 27.1. The molecular formula is C27H32N4O5S2. The number of fused-ring (bicyclic) bond motifs is 1. The molecular weight excluding hydrogens is 524 g/mol. The number of sulfonamides is 1. The Bertz CT molecular complexity index is 1560. The fraction of sp³-hybridized carbons (Fsp3) is 0.407. The van der Waals surface area contributed by atoms with Crippen LogP contribution in [0.15, 0.2) is 64.4 Å². The second kappa shape index (κ2) is 10.3. The van der Waals surface area contributed by atoms with Crippen LogP contribution in [0.2, 0.25) is 0 Å². The number of piperidine rings is 1. The maximum Gasteiger partial charge on any atom is 0.243 e. The first kappa shape index (κ1) is 26.6. The lowest BCUT2D eigenvalue weighted by atomic mass is 9.97. The fourth-order valence-corrected chi connectivity index (χ4v) is 7.50. The Morgan fingerprint density at radius 1 is 0.895 bits per heavy atom. The van der Waals surface area contributed by atoms with Gasteiger partial charge in [0.05, 0.1) is 21.2 Å². The molecule has 0 saturated carbocycles. The summed E-state index contributed by atoms with van der Waals surface area (Å²) in [6.07, 6.45) is 2.32. The molecule has 2 aliphatic heterocycles. The van der Waals surface area contributed by atoms with E-state index in [9.17, 15) is 21.6 Å². The number of para-hydroxylation sites is 1. The molecule has 1 amide bonds. The number of pyridine rings is 1. The van der Waals surface area contributed by atoms with E-state index in [0.29, 0.717) is 45.6 Å². The number of amides is 1. The summed E-state index contributed by atoms with van der Waals surface area (Å²) in [5, 5.41) is 1.09. The highest BCUT2D eigenvalue weighted by molar-refractivity contribution is 7.90. The van der Waals surface area contributed by atoms with Crippen LogP contribution >= 0.6 is 0 Å². The van der Waals surface area contributed by atoms with Gasteiger partial charge in [-0.1, -0.05) is 18.2 Å². The minimum Gasteiger partial charge on any atom is -0.367 e. The van der Waals surface area contributed by atoms with Gasteiger partial charge in [0.2, 0.25) is 15.9 Å². The third kappa shape index (κ3) is 5.27. The first-order valence-electron chi connectivity index (χ1n) is 12.7. The van der Waals surface area contributed by atoms with Gasteiger partial charge in [-0.15, -0.1) is 0 Å². The largest absolute Gasteiger partial charge is 0.367 e. The molecule has 0 radical (unpaired) electrons. The van der Waals surface area contributed by atoms with Crippen molar-refractivity contribution in [2.45, 2.75) is 29.6 Å². The Morgan fingerprint density at radius 2 is 1.55 bits per heavy atom. The molecule has 3 heterocycles. The van der Waals surface area contributed by atoms with Crippen LogP contribution < -0.4 is 4.90 Å². The van der Waals surface area contributed by atoms with Gasteiger partial charge in [0.1, 0.15) is 0 Å². The highest BCUT2D eigenvalue weighted by Gasteiger charge is 2.36. The highest BCUT2D eigenvalue weighted by atomic mass is 32.2. The maximum absolute atomic E-state index is 13.4. The average molecular weight is 557 g/mol. The monoisotopic (exact) mass is 556 g/mol. The predicted molar refractivity (Wildman–Crippen MR) is 146 cm³/mol. The van der Waals surface area contributed by atoms with Crippen LogP contribution in [0, 0.1) is 12.8 Å². The van der Waals surface area contributed by atoms with Crippen molar-refractivity contribution < 1.29 is 21.6 Å². The molecule has 1 atom stereocenters. The van der Waals surface area contributed by atoms with Gasteiger partial charge in [-0.2, -0.15) is 4.31 Å². The van der Waals surface area contributed by atoms with Gasteiger partial charge in [-0.3, -0.25) is 9.78 Å². The molecule has 1 unspecified atom stereocenters. The van der Waals surface area contributed by atoms with Crippen LogP contribution in [-0.4, -0.2) is 82.5 Å². The lowest BCUT2D eigenvalue weighted by Gasteiger charge is -2.39. The number of piperazine rings is 1. The number of aryl methyl sites for hydroxylation is 1. The summed E-state index contributed by atoms with van der Waals surface area (Å²) in [6.45, 7) is 4.99. The summed E-state index contributed by atoms with van der Waals surface area (Å²) in [6, 6.07) is 15.4. The summed E-state index contributed by atoms with van der Waals surface area (Å²) < 4.78 is 51.4. The Hall–Kier alpha value is -3.02. The van der Waals surface area contributed by atoms with Gasteiger partial charge in [0, 0.05) is 62.3 Å². The van der Waals surface area contributed by atoms with Gasteiger partial charge in [0.25, 0.3) is 0 Å². The molecule has 3 aromatic rings. The highest BCUT2D eigenvalue weighted by Crippen LogP contribution is 2.29. The molecule has 0 N–H and O–H groups in total. The molecule has 2 fully saturated rings. The quantitative estimate of drug-likeness (QED) is 0.476. The topological polar surface area (TPSA) is 108 Å². The van der Waals surface area contributed by atoms with E-state index >= 15 is 0 Å². The van der Waals surface area contributed by atoms with Gasteiger partial charge in [-0.05, 0) is 56.2 Å². The summed E-state index contributed by atoms with van der Waals surface area (Å²) >= 11 is 0. The van der Waals surface area contributed by atoms with Crippen molar-refractivity contribution >= 4 is 42.4 Å². The van der Waals surface area contributed by atoms with E-state index in [2.05, 4.69) is 22.0 Å².